The Morgan fingerprint density at radius 3 is 2.84 bits per heavy atom. The van der Waals surface area contributed by atoms with Gasteiger partial charge in [0.05, 0.1) is 29.5 Å². The molecule has 1 aromatic heterocycles. The SMILES string of the molecule is CC(CN(C)c1cnccc1C1(C=O)CC1)=Nc1cc(Cl)ccc1C. The highest BCUT2D eigenvalue weighted by molar-refractivity contribution is 6.30. The zero-order valence-electron chi connectivity index (χ0n) is 14.8. The Labute approximate surface area is 153 Å². The highest BCUT2D eigenvalue weighted by Gasteiger charge is 2.46. The molecule has 1 aliphatic rings. The maximum Gasteiger partial charge on any atom is 0.130 e. The molecule has 1 aromatic carbocycles. The van der Waals surface area contributed by atoms with Gasteiger partial charge in [-0.3, -0.25) is 9.98 Å². The molecule has 0 amide bonds. The molecular formula is C20H22ClN3O. The van der Waals surface area contributed by atoms with Crippen LogP contribution in [0, 0.1) is 6.92 Å². The van der Waals surface area contributed by atoms with Gasteiger partial charge in [-0.2, -0.15) is 0 Å². The van der Waals surface area contributed by atoms with Crippen molar-refractivity contribution in [3.63, 3.8) is 0 Å². The Morgan fingerprint density at radius 1 is 1.40 bits per heavy atom. The summed E-state index contributed by atoms with van der Waals surface area (Å²) < 4.78 is 0. The van der Waals surface area contributed by atoms with Crippen LogP contribution in [-0.2, 0) is 10.2 Å². The van der Waals surface area contributed by atoms with Gasteiger partial charge in [-0.25, -0.2) is 0 Å². The van der Waals surface area contributed by atoms with Gasteiger partial charge in [0.2, 0.25) is 0 Å². The Hall–Kier alpha value is -2.20. The van der Waals surface area contributed by atoms with Crippen LogP contribution in [0.3, 0.4) is 0 Å². The van der Waals surface area contributed by atoms with E-state index >= 15 is 0 Å². The molecule has 0 radical (unpaired) electrons. The lowest BCUT2D eigenvalue weighted by Gasteiger charge is -2.24. The van der Waals surface area contributed by atoms with Crippen LogP contribution in [0.25, 0.3) is 0 Å². The van der Waals surface area contributed by atoms with E-state index in [2.05, 4.69) is 9.88 Å². The fraction of sp³-hybridized carbons (Fsp3) is 0.350. The van der Waals surface area contributed by atoms with Crippen LogP contribution in [0.2, 0.25) is 5.02 Å². The monoisotopic (exact) mass is 355 g/mol. The number of anilines is 1. The Morgan fingerprint density at radius 2 is 2.16 bits per heavy atom. The van der Waals surface area contributed by atoms with E-state index in [1.54, 1.807) is 6.20 Å². The van der Waals surface area contributed by atoms with Gasteiger partial charge in [-0.1, -0.05) is 17.7 Å². The molecule has 2 aromatic rings. The van der Waals surface area contributed by atoms with E-state index in [0.717, 1.165) is 47.3 Å². The number of aldehydes is 1. The van der Waals surface area contributed by atoms with Gasteiger partial charge in [0.15, 0.2) is 0 Å². The number of aliphatic imine (C=N–C) groups is 1. The topological polar surface area (TPSA) is 45.6 Å². The normalized spacial score (nSPS) is 15.8. The van der Waals surface area contributed by atoms with Crippen LogP contribution < -0.4 is 4.90 Å². The number of aryl methyl sites for hydroxylation is 1. The maximum absolute atomic E-state index is 11.5. The summed E-state index contributed by atoms with van der Waals surface area (Å²) in [4.78, 5) is 22.6. The summed E-state index contributed by atoms with van der Waals surface area (Å²) in [5, 5.41) is 0.682. The molecule has 5 heteroatoms. The van der Waals surface area contributed by atoms with Crippen molar-refractivity contribution >= 4 is 35.0 Å². The number of nitrogens with zero attached hydrogens (tertiary/aromatic N) is 3. The standard InChI is InChI=1S/C20H22ClN3O/c1-14-4-5-16(21)10-18(14)23-15(2)12-24(3)19-11-22-9-6-17(19)20(13-25)7-8-20/h4-6,9-11,13H,7-8,12H2,1-3H3. The lowest BCUT2D eigenvalue weighted by atomic mass is 9.97. The summed E-state index contributed by atoms with van der Waals surface area (Å²) in [6, 6.07) is 7.68. The van der Waals surface area contributed by atoms with Crippen LogP contribution in [0.4, 0.5) is 11.4 Å². The van der Waals surface area contributed by atoms with Gasteiger partial charge in [0.25, 0.3) is 0 Å². The lowest BCUT2D eigenvalue weighted by Crippen LogP contribution is -2.27. The van der Waals surface area contributed by atoms with E-state index in [9.17, 15) is 4.79 Å². The van der Waals surface area contributed by atoms with Crippen molar-refractivity contribution < 1.29 is 4.79 Å². The number of hydrogen-bond donors (Lipinski definition) is 0. The average Bonchev–Trinajstić information content (AvgIpc) is 3.39. The summed E-state index contributed by atoms with van der Waals surface area (Å²) in [6.45, 7) is 4.67. The molecule has 130 valence electrons. The predicted octanol–water partition coefficient (Wildman–Crippen LogP) is 4.50. The third-order valence-corrected chi connectivity index (χ3v) is 4.95. The smallest absolute Gasteiger partial charge is 0.130 e. The van der Waals surface area contributed by atoms with Crippen molar-refractivity contribution in [1.82, 2.24) is 4.98 Å². The molecular weight excluding hydrogens is 334 g/mol. The third-order valence-electron chi connectivity index (χ3n) is 4.71. The molecule has 0 atom stereocenters. The molecule has 25 heavy (non-hydrogen) atoms. The van der Waals surface area contributed by atoms with Gasteiger partial charge in [-0.05, 0) is 56.0 Å². The zero-order valence-corrected chi connectivity index (χ0v) is 15.5. The zero-order chi connectivity index (χ0) is 18.0. The molecule has 1 fully saturated rings. The van der Waals surface area contributed by atoms with Crippen LogP contribution in [0.1, 0.15) is 30.9 Å². The van der Waals surface area contributed by atoms with Crippen molar-refractivity contribution in [2.45, 2.75) is 32.1 Å². The number of carbonyl (C=O) groups excluding carboxylic acids is 1. The van der Waals surface area contributed by atoms with Crippen molar-refractivity contribution in [1.29, 1.82) is 0 Å². The van der Waals surface area contributed by atoms with Crippen molar-refractivity contribution in [3.8, 4) is 0 Å². The number of carbonyl (C=O) groups is 1. The number of halogens is 1. The second-order valence-corrected chi connectivity index (χ2v) is 7.24. The van der Waals surface area contributed by atoms with E-state index in [4.69, 9.17) is 16.6 Å². The molecule has 0 spiro atoms. The summed E-state index contributed by atoms with van der Waals surface area (Å²) in [5.74, 6) is 0. The highest BCUT2D eigenvalue weighted by Crippen LogP contribution is 2.49. The Bertz CT molecular complexity index is 827. The minimum absolute atomic E-state index is 0.318. The number of pyridine rings is 1. The first kappa shape index (κ1) is 17.6. The van der Waals surface area contributed by atoms with Gasteiger partial charge < -0.3 is 9.69 Å². The van der Waals surface area contributed by atoms with Crippen molar-refractivity contribution in [2.24, 2.45) is 4.99 Å². The van der Waals surface area contributed by atoms with E-state index in [-0.39, 0.29) is 5.41 Å². The second kappa shape index (κ2) is 6.96. The molecule has 0 saturated heterocycles. The van der Waals surface area contributed by atoms with Crippen LogP contribution in [0.5, 0.6) is 0 Å². The van der Waals surface area contributed by atoms with E-state index < -0.39 is 0 Å². The first-order valence-corrected chi connectivity index (χ1v) is 8.75. The Balaban J connectivity index is 1.83. The van der Waals surface area contributed by atoms with Gasteiger partial charge in [0.1, 0.15) is 6.29 Å². The van der Waals surface area contributed by atoms with Gasteiger partial charge in [-0.15, -0.1) is 0 Å². The fourth-order valence-corrected chi connectivity index (χ4v) is 3.24. The number of benzene rings is 1. The minimum atomic E-state index is -0.318. The predicted molar refractivity (Wildman–Crippen MR) is 103 cm³/mol. The first-order valence-electron chi connectivity index (χ1n) is 8.37. The summed E-state index contributed by atoms with van der Waals surface area (Å²) in [7, 11) is 2.01. The summed E-state index contributed by atoms with van der Waals surface area (Å²) in [6.07, 6.45) is 6.49. The molecule has 1 heterocycles. The summed E-state index contributed by atoms with van der Waals surface area (Å²) >= 11 is 6.07. The van der Waals surface area contributed by atoms with Crippen LogP contribution in [-0.4, -0.2) is 30.6 Å². The molecule has 0 aliphatic heterocycles. The highest BCUT2D eigenvalue weighted by atomic mass is 35.5. The fourth-order valence-electron chi connectivity index (χ4n) is 3.07. The second-order valence-electron chi connectivity index (χ2n) is 6.80. The van der Waals surface area contributed by atoms with Gasteiger partial charge >= 0.3 is 0 Å². The molecule has 4 nitrogen and oxygen atoms in total. The van der Waals surface area contributed by atoms with Crippen LogP contribution in [0.15, 0.2) is 41.7 Å². The quantitative estimate of drug-likeness (QED) is 0.566. The van der Waals surface area contributed by atoms with E-state index in [1.165, 1.54) is 0 Å². The molecule has 0 N–H and O–H groups in total. The molecule has 1 saturated carbocycles. The third kappa shape index (κ3) is 3.74. The van der Waals surface area contributed by atoms with Crippen molar-refractivity contribution in [3.05, 3.63) is 52.8 Å². The van der Waals surface area contributed by atoms with Crippen molar-refractivity contribution in [2.75, 3.05) is 18.5 Å². The van der Waals surface area contributed by atoms with Gasteiger partial charge in [0, 0.05) is 24.0 Å². The van der Waals surface area contributed by atoms with E-state index in [0.29, 0.717) is 11.6 Å². The Kier molecular flexibility index (Phi) is 4.91. The van der Waals surface area contributed by atoms with E-state index in [1.807, 2.05) is 51.4 Å². The number of hydrogen-bond acceptors (Lipinski definition) is 4. The number of rotatable bonds is 6. The first-order chi connectivity index (χ1) is 11.9. The summed E-state index contributed by atoms with van der Waals surface area (Å²) in [5.41, 5.74) is 4.68. The molecule has 0 unspecified atom stereocenters. The molecule has 0 bridgehead atoms. The maximum atomic E-state index is 11.5. The number of aromatic nitrogens is 1. The average molecular weight is 356 g/mol. The lowest BCUT2D eigenvalue weighted by molar-refractivity contribution is -0.109. The molecule has 1 aliphatic carbocycles. The largest absolute Gasteiger partial charge is 0.368 e. The molecule has 3 rings (SSSR count). The van der Waals surface area contributed by atoms with Crippen LogP contribution >= 0.6 is 11.6 Å². The minimum Gasteiger partial charge on any atom is -0.368 e.